The maximum atomic E-state index is 6.55. The summed E-state index contributed by atoms with van der Waals surface area (Å²) in [6.45, 7) is 0. The molecule has 0 spiro atoms. The lowest BCUT2D eigenvalue weighted by molar-refractivity contribution is 0.669. The summed E-state index contributed by atoms with van der Waals surface area (Å²) in [5, 5.41) is 11.2. The first kappa shape index (κ1) is 31.7. The summed E-state index contributed by atoms with van der Waals surface area (Å²) in [6, 6.07) is 57.6. The summed E-state index contributed by atoms with van der Waals surface area (Å²) in [6.07, 6.45) is 6.54. The van der Waals surface area contributed by atoms with E-state index in [0.29, 0.717) is 5.84 Å². The van der Waals surface area contributed by atoms with E-state index in [1.807, 2.05) is 30.3 Å². The van der Waals surface area contributed by atoms with Crippen molar-refractivity contribution in [1.29, 1.82) is 0 Å². The minimum Gasteiger partial charge on any atom is -0.456 e. The number of fused-ring (bicyclic) bond motifs is 7. The van der Waals surface area contributed by atoms with Crippen LogP contribution in [0.1, 0.15) is 34.2 Å². The van der Waals surface area contributed by atoms with Crippen LogP contribution in [0, 0.1) is 0 Å². The normalized spacial score (nSPS) is 13.3. The van der Waals surface area contributed by atoms with Gasteiger partial charge in [0.2, 0.25) is 0 Å². The molecule has 54 heavy (non-hydrogen) atoms. The monoisotopic (exact) mass is 693 g/mol. The molecule has 1 aromatic heterocycles. The summed E-state index contributed by atoms with van der Waals surface area (Å²) in [5.74, 6) is 6.76. The SMILES string of the molecule is N/N=C(\N=C(c1ccc(-c2ccccc2)cc1)c1ccc2c(c1)C=CCC2)c1cccc2oc3cccc(-c4ccc5ccc6ccccc6c5c4)c3c12. The van der Waals surface area contributed by atoms with E-state index < -0.39 is 0 Å². The van der Waals surface area contributed by atoms with Crippen molar-refractivity contribution < 1.29 is 4.42 Å². The van der Waals surface area contributed by atoms with Crippen LogP contribution in [-0.2, 0) is 6.42 Å². The minimum absolute atomic E-state index is 0.429. The van der Waals surface area contributed by atoms with Gasteiger partial charge in [0.1, 0.15) is 11.2 Å². The second-order valence-electron chi connectivity index (χ2n) is 13.9. The Morgan fingerprint density at radius 1 is 0.556 bits per heavy atom. The number of aryl methyl sites for hydroxylation is 1. The van der Waals surface area contributed by atoms with E-state index in [-0.39, 0.29) is 0 Å². The first-order valence-electron chi connectivity index (χ1n) is 18.4. The molecule has 2 N–H and O–H groups in total. The molecule has 0 saturated carbocycles. The molecule has 0 amide bonds. The third kappa shape index (κ3) is 5.48. The molecule has 0 aliphatic heterocycles. The van der Waals surface area contributed by atoms with E-state index in [2.05, 4.69) is 151 Å². The van der Waals surface area contributed by atoms with Crippen LogP contribution in [0.25, 0.3) is 71.8 Å². The molecule has 4 nitrogen and oxygen atoms in total. The van der Waals surface area contributed by atoms with E-state index in [9.17, 15) is 0 Å². The van der Waals surface area contributed by atoms with Crippen molar-refractivity contribution in [2.75, 3.05) is 0 Å². The summed E-state index contributed by atoms with van der Waals surface area (Å²) in [7, 11) is 0. The zero-order valence-corrected chi connectivity index (χ0v) is 29.5. The number of allylic oxidation sites excluding steroid dienone is 1. The van der Waals surface area contributed by atoms with Gasteiger partial charge in [0.25, 0.3) is 0 Å². The van der Waals surface area contributed by atoms with Gasteiger partial charge in [-0.3, -0.25) is 0 Å². The predicted molar refractivity (Wildman–Crippen MR) is 226 cm³/mol. The maximum Gasteiger partial charge on any atom is 0.180 e. The van der Waals surface area contributed by atoms with Gasteiger partial charge >= 0.3 is 0 Å². The number of furan rings is 1. The van der Waals surface area contributed by atoms with Crippen LogP contribution in [0.4, 0.5) is 0 Å². The van der Waals surface area contributed by atoms with Crippen LogP contribution in [0.2, 0.25) is 0 Å². The van der Waals surface area contributed by atoms with E-state index in [0.717, 1.165) is 73.9 Å². The number of hydrogen-bond donors (Lipinski definition) is 1. The lowest BCUT2D eigenvalue weighted by Gasteiger charge is -2.15. The molecule has 0 fully saturated rings. The van der Waals surface area contributed by atoms with Crippen LogP contribution in [-0.4, -0.2) is 11.5 Å². The van der Waals surface area contributed by atoms with Crippen molar-refractivity contribution >= 4 is 61.1 Å². The molecule has 9 aromatic rings. The zero-order valence-electron chi connectivity index (χ0n) is 29.5. The van der Waals surface area contributed by atoms with Gasteiger partial charge in [-0.05, 0) is 92.0 Å². The number of amidine groups is 1. The van der Waals surface area contributed by atoms with Crippen LogP contribution >= 0.6 is 0 Å². The lowest BCUT2D eigenvalue weighted by atomic mass is 9.92. The first-order chi connectivity index (χ1) is 26.7. The van der Waals surface area contributed by atoms with Crippen molar-refractivity contribution in [2.24, 2.45) is 15.9 Å². The summed E-state index contributed by atoms with van der Waals surface area (Å²) < 4.78 is 6.55. The molecule has 0 atom stereocenters. The maximum absolute atomic E-state index is 6.55. The molecule has 0 bridgehead atoms. The molecule has 1 aliphatic carbocycles. The highest BCUT2D eigenvalue weighted by molar-refractivity contribution is 6.26. The number of rotatable bonds is 5. The Morgan fingerprint density at radius 3 is 2.11 bits per heavy atom. The van der Waals surface area contributed by atoms with Gasteiger partial charge in [-0.25, -0.2) is 4.99 Å². The Labute approximate surface area is 313 Å². The molecule has 10 rings (SSSR count). The van der Waals surface area contributed by atoms with Crippen LogP contribution in [0.3, 0.4) is 0 Å². The van der Waals surface area contributed by atoms with Crippen molar-refractivity contribution in [2.45, 2.75) is 12.8 Å². The number of hydrazone groups is 1. The standard InChI is InChI=1S/C50H35N3O/c51-53-50(52-49(40-29-22-33-12-4-5-14-38(33)30-40)37-26-20-34(21-27-37)32-10-2-1-3-11-32)43-17-9-19-46-48(43)47-42(16-8-18-45(47)54-46)39-28-25-36-24-23-35-13-6-7-15-41(35)44(36)31-39/h1-3,5-11,13-31H,4,12,51H2/b52-49?,53-50-. The summed E-state index contributed by atoms with van der Waals surface area (Å²) in [4.78, 5) is 5.35. The lowest BCUT2D eigenvalue weighted by Crippen LogP contribution is -2.11. The fourth-order valence-electron chi connectivity index (χ4n) is 8.05. The van der Waals surface area contributed by atoms with Gasteiger partial charge in [-0.2, -0.15) is 5.10 Å². The average Bonchev–Trinajstić information content (AvgIpc) is 3.64. The third-order valence-corrected chi connectivity index (χ3v) is 10.7. The van der Waals surface area contributed by atoms with E-state index in [1.54, 1.807) is 0 Å². The summed E-state index contributed by atoms with van der Waals surface area (Å²) >= 11 is 0. The van der Waals surface area contributed by atoms with Gasteiger partial charge in [-0.15, -0.1) is 0 Å². The van der Waals surface area contributed by atoms with Crippen molar-refractivity contribution in [3.63, 3.8) is 0 Å². The second kappa shape index (κ2) is 13.2. The molecular formula is C50H35N3O. The van der Waals surface area contributed by atoms with Crippen LogP contribution < -0.4 is 5.84 Å². The van der Waals surface area contributed by atoms with Crippen molar-refractivity contribution in [3.8, 4) is 22.3 Å². The van der Waals surface area contributed by atoms with E-state index in [1.165, 1.54) is 38.2 Å². The number of aliphatic imine (C=N–C) groups is 1. The minimum atomic E-state index is 0.429. The van der Waals surface area contributed by atoms with Gasteiger partial charge < -0.3 is 10.3 Å². The molecule has 1 aliphatic rings. The molecule has 0 unspecified atom stereocenters. The zero-order chi connectivity index (χ0) is 36.0. The molecular weight excluding hydrogens is 659 g/mol. The van der Waals surface area contributed by atoms with Crippen LogP contribution in [0.5, 0.6) is 0 Å². The molecule has 256 valence electrons. The quantitative estimate of drug-likeness (QED) is 0.0641. The van der Waals surface area contributed by atoms with Crippen molar-refractivity contribution in [3.05, 3.63) is 198 Å². The van der Waals surface area contributed by atoms with Gasteiger partial charge in [0, 0.05) is 27.5 Å². The molecule has 0 saturated heterocycles. The molecule has 8 aromatic carbocycles. The fraction of sp³-hybridized carbons (Fsp3) is 0.0400. The van der Waals surface area contributed by atoms with Crippen molar-refractivity contribution in [1.82, 2.24) is 0 Å². The highest BCUT2D eigenvalue weighted by Crippen LogP contribution is 2.40. The summed E-state index contributed by atoms with van der Waals surface area (Å²) in [5.41, 5.74) is 12.2. The van der Waals surface area contributed by atoms with Gasteiger partial charge in [-0.1, -0.05) is 152 Å². The van der Waals surface area contributed by atoms with Gasteiger partial charge in [0.05, 0.1) is 5.71 Å². The fourth-order valence-corrected chi connectivity index (χ4v) is 8.05. The molecule has 0 radical (unpaired) electrons. The third-order valence-electron chi connectivity index (χ3n) is 10.7. The van der Waals surface area contributed by atoms with Gasteiger partial charge in [0.15, 0.2) is 5.84 Å². The predicted octanol–water partition coefficient (Wildman–Crippen LogP) is 12.3. The van der Waals surface area contributed by atoms with E-state index >= 15 is 0 Å². The van der Waals surface area contributed by atoms with Crippen LogP contribution in [0.15, 0.2) is 184 Å². The highest BCUT2D eigenvalue weighted by Gasteiger charge is 2.20. The topological polar surface area (TPSA) is 63.9 Å². The Bertz CT molecular complexity index is 2990. The Kier molecular flexibility index (Phi) is 7.73. The smallest absolute Gasteiger partial charge is 0.180 e. The first-order valence-corrected chi connectivity index (χ1v) is 18.4. The molecule has 4 heteroatoms. The Balaban J connectivity index is 1.16. The second-order valence-corrected chi connectivity index (χ2v) is 13.9. The Hall–Kier alpha value is -7.04. The Morgan fingerprint density at radius 2 is 1.26 bits per heavy atom. The number of hydrogen-bond acceptors (Lipinski definition) is 3. The molecule has 1 heterocycles. The number of nitrogens with two attached hydrogens (primary N) is 1. The average molecular weight is 694 g/mol. The number of nitrogens with zero attached hydrogens (tertiary/aromatic N) is 2. The number of benzene rings is 8. The largest absolute Gasteiger partial charge is 0.456 e. The van der Waals surface area contributed by atoms with E-state index in [4.69, 9.17) is 15.3 Å². The highest BCUT2D eigenvalue weighted by atomic mass is 16.3.